The summed E-state index contributed by atoms with van der Waals surface area (Å²) < 4.78 is 16.8. The number of nitrogens with one attached hydrogen (secondary N) is 1. The number of esters is 1. The molecule has 1 aromatic heterocycles. The lowest BCUT2D eigenvalue weighted by molar-refractivity contribution is -0.141. The maximum atomic E-state index is 13.6. The number of hydrogen-bond acceptors (Lipinski definition) is 8. The Bertz CT molecular complexity index is 1410. The summed E-state index contributed by atoms with van der Waals surface area (Å²) in [5.74, 6) is 0.650. The third-order valence-electron chi connectivity index (χ3n) is 6.25. The van der Waals surface area contributed by atoms with E-state index in [1.54, 1.807) is 32.4 Å². The fraction of sp³-hybridized carbons (Fsp3) is 0.207. The predicted molar refractivity (Wildman–Crippen MR) is 145 cm³/mol. The van der Waals surface area contributed by atoms with Crippen molar-refractivity contribution in [1.29, 1.82) is 0 Å². The van der Waals surface area contributed by atoms with Gasteiger partial charge in [0.15, 0.2) is 5.17 Å². The molecular formula is C29H27N3O5S. The molecule has 0 spiro atoms. The van der Waals surface area contributed by atoms with Crippen molar-refractivity contribution in [2.24, 2.45) is 4.99 Å². The second kappa shape index (κ2) is 11.4. The predicted octanol–water partition coefficient (Wildman–Crippen LogP) is 5.31. The van der Waals surface area contributed by atoms with Crippen LogP contribution in [0.15, 0.2) is 105 Å². The van der Waals surface area contributed by atoms with E-state index in [0.717, 1.165) is 16.8 Å². The van der Waals surface area contributed by atoms with E-state index in [1.165, 1.54) is 11.8 Å². The number of carbonyl (C=O) groups excluding carboxylic acids is 2. The van der Waals surface area contributed by atoms with Gasteiger partial charge in [-0.15, -0.1) is 0 Å². The van der Waals surface area contributed by atoms with Crippen molar-refractivity contribution in [3.05, 3.63) is 112 Å². The molecule has 0 aliphatic carbocycles. The second-order valence-corrected chi connectivity index (χ2v) is 9.57. The van der Waals surface area contributed by atoms with Crippen LogP contribution >= 0.6 is 11.8 Å². The van der Waals surface area contributed by atoms with Gasteiger partial charge < -0.3 is 24.1 Å². The minimum atomic E-state index is -0.582. The van der Waals surface area contributed by atoms with Crippen LogP contribution in [0.4, 0.5) is 0 Å². The molecule has 0 saturated heterocycles. The maximum absolute atomic E-state index is 13.6. The van der Waals surface area contributed by atoms with Gasteiger partial charge in [0.05, 0.1) is 43.7 Å². The maximum Gasteiger partial charge on any atom is 0.338 e. The van der Waals surface area contributed by atoms with Crippen molar-refractivity contribution in [2.45, 2.75) is 32.5 Å². The molecule has 1 atom stereocenters. The minimum Gasteiger partial charge on any atom is -0.496 e. The zero-order chi connectivity index (χ0) is 26.5. The van der Waals surface area contributed by atoms with E-state index < -0.39 is 12.0 Å². The molecule has 2 aromatic carbocycles. The lowest BCUT2D eigenvalue weighted by Gasteiger charge is -2.36. The molecule has 9 heteroatoms. The fourth-order valence-corrected chi connectivity index (χ4v) is 5.41. The van der Waals surface area contributed by atoms with Gasteiger partial charge in [-0.05, 0) is 36.1 Å². The Morgan fingerprint density at radius 1 is 1.08 bits per heavy atom. The summed E-state index contributed by atoms with van der Waals surface area (Å²) in [5, 5.41) is 5.48. The zero-order valence-electron chi connectivity index (χ0n) is 21.0. The first-order valence-electron chi connectivity index (χ1n) is 12.1. The highest BCUT2D eigenvalue weighted by Gasteiger charge is 2.42. The Morgan fingerprint density at radius 2 is 1.87 bits per heavy atom. The molecule has 0 unspecified atom stereocenters. The third kappa shape index (κ3) is 5.38. The minimum absolute atomic E-state index is 0.101. The monoisotopic (exact) mass is 529 g/mol. The van der Waals surface area contributed by atoms with Crippen LogP contribution in [0, 0.1) is 0 Å². The Labute approximate surface area is 225 Å². The molecule has 0 saturated carbocycles. The molecule has 2 aliphatic rings. The number of rotatable bonds is 9. The van der Waals surface area contributed by atoms with Gasteiger partial charge >= 0.3 is 5.97 Å². The van der Waals surface area contributed by atoms with E-state index in [-0.39, 0.29) is 18.9 Å². The molecule has 3 aromatic rings. The number of fused-ring (bicyclic) bond motifs is 1. The second-order valence-electron chi connectivity index (χ2n) is 8.73. The highest BCUT2D eigenvalue weighted by molar-refractivity contribution is 8.16. The average Bonchev–Trinajstić information content (AvgIpc) is 3.60. The van der Waals surface area contributed by atoms with Crippen molar-refractivity contribution in [3.8, 4) is 5.75 Å². The van der Waals surface area contributed by atoms with Crippen molar-refractivity contribution < 1.29 is 23.5 Å². The molecule has 0 bridgehead atoms. The van der Waals surface area contributed by atoms with E-state index in [9.17, 15) is 9.59 Å². The van der Waals surface area contributed by atoms with Crippen molar-refractivity contribution in [2.75, 3.05) is 7.11 Å². The van der Waals surface area contributed by atoms with Crippen LogP contribution in [0.25, 0.3) is 0 Å². The summed E-state index contributed by atoms with van der Waals surface area (Å²) >= 11 is 1.42. The standard InChI is InChI=1S/C29H27N3O5S/c1-19-26(28(34)37-17-20-9-4-3-5-10-20)27(23-12-6-7-13-24(23)35-2)32-21(18-38-29(32)31-19)15-25(33)30-16-22-11-8-14-36-22/h3-14,18,27H,15-17H2,1-2H3,(H,30,33)/t27-/m1/s1. The van der Waals surface area contributed by atoms with E-state index >= 15 is 0 Å². The van der Waals surface area contributed by atoms with Gasteiger partial charge in [0.1, 0.15) is 18.1 Å². The highest BCUT2D eigenvalue weighted by Crippen LogP contribution is 2.46. The van der Waals surface area contributed by atoms with Crippen LogP contribution in [0.2, 0.25) is 0 Å². The van der Waals surface area contributed by atoms with Gasteiger partial charge in [-0.1, -0.05) is 60.3 Å². The van der Waals surface area contributed by atoms with Crippen molar-refractivity contribution in [3.63, 3.8) is 0 Å². The topological polar surface area (TPSA) is 93.4 Å². The first-order chi connectivity index (χ1) is 18.5. The first kappa shape index (κ1) is 25.4. The highest BCUT2D eigenvalue weighted by atomic mass is 32.2. The third-order valence-corrected chi connectivity index (χ3v) is 7.14. The van der Waals surface area contributed by atoms with Crippen LogP contribution < -0.4 is 10.1 Å². The number of methoxy groups -OCH3 is 1. The first-order valence-corrected chi connectivity index (χ1v) is 13.0. The number of furan rings is 1. The van der Waals surface area contributed by atoms with Crippen LogP contribution in [0.5, 0.6) is 5.75 Å². The molecule has 2 aliphatic heterocycles. The van der Waals surface area contributed by atoms with Crippen LogP contribution in [0.1, 0.15) is 36.3 Å². The van der Waals surface area contributed by atoms with Crippen LogP contribution in [-0.2, 0) is 27.5 Å². The number of nitrogens with zero attached hydrogens (tertiary/aromatic N) is 2. The molecular weight excluding hydrogens is 502 g/mol. The number of para-hydroxylation sites is 1. The number of allylic oxidation sites excluding steroid dienone is 1. The van der Waals surface area contributed by atoms with E-state index in [0.29, 0.717) is 34.5 Å². The quantitative estimate of drug-likeness (QED) is 0.375. The summed E-state index contributed by atoms with van der Waals surface area (Å²) in [6.07, 6.45) is 1.67. The molecule has 38 heavy (non-hydrogen) atoms. The SMILES string of the molecule is COc1ccccc1[C@@H]1C(C(=O)OCc2ccccc2)=C(C)N=C2SC=C(CC(=O)NCc3ccco3)N21. The van der Waals surface area contributed by atoms with Gasteiger partial charge in [0.2, 0.25) is 5.91 Å². The number of aliphatic imine (C=N–C) groups is 1. The molecule has 0 radical (unpaired) electrons. The van der Waals surface area contributed by atoms with E-state index in [2.05, 4.69) is 5.32 Å². The van der Waals surface area contributed by atoms with Gasteiger partial charge in [-0.25, -0.2) is 9.79 Å². The Hall–Kier alpha value is -4.24. The van der Waals surface area contributed by atoms with Crippen LogP contribution in [-0.4, -0.2) is 29.1 Å². The van der Waals surface area contributed by atoms with E-state index in [4.69, 9.17) is 18.9 Å². The molecule has 194 valence electrons. The zero-order valence-corrected chi connectivity index (χ0v) is 21.9. The Morgan fingerprint density at radius 3 is 2.63 bits per heavy atom. The Kier molecular flexibility index (Phi) is 7.65. The lowest BCUT2D eigenvalue weighted by atomic mass is 9.93. The van der Waals surface area contributed by atoms with Gasteiger partial charge in [0.25, 0.3) is 0 Å². The number of amides is 1. The van der Waals surface area contributed by atoms with Gasteiger partial charge in [-0.2, -0.15) is 0 Å². The van der Waals surface area contributed by atoms with Gasteiger partial charge in [-0.3, -0.25) is 4.79 Å². The largest absolute Gasteiger partial charge is 0.496 e. The average molecular weight is 530 g/mol. The molecule has 1 amide bonds. The normalized spacial score (nSPS) is 16.5. The molecule has 5 rings (SSSR count). The summed E-state index contributed by atoms with van der Waals surface area (Å²) in [4.78, 5) is 33.1. The summed E-state index contributed by atoms with van der Waals surface area (Å²) in [7, 11) is 1.60. The number of hydrogen-bond donors (Lipinski definition) is 1. The van der Waals surface area contributed by atoms with E-state index in [1.807, 2.05) is 64.9 Å². The summed E-state index contributed by atoms with van der Waals surface area (Å²) in [5.41, 5.74) is 3.35. The molecule has 8 nitrogen and oxygen atoms in total. The number of carbonyl (C=O) groups is 2. The molecule has 3 heterocycles. The number of thioether (sulfide) groups is 1. The number of amidine groups is 1. The number of ether oxygens (including phenoxy) is 2. The smallest absolute Gasteiger partial charge is 0.338 e. The number of benzene rings is 2. The summed E-state index contributed by atoms with van der Waals surface area (Å²) in [6.45, 7) is 2.23. The summed E-state index contributed by atoms with van der Waals surface area (Å²) in [6, 6.07) is 20.1. The Balaban J connectivity index is 1.44. The van der Waals surface area contributed by atoms with Crippen molar-refractivity contribution in [1.82, 2.24) is 10.2 Å². The molecule has 1 N–H and O–H groups in total. The lowest BCUT2D eigenvalue weighted by Crippen LogP contribution is -2.38. The van der Waals surface area contributed by atoms with Gasteiger partial charge in [0, 0.05) is 11.3 Å². The van der Waals surface area contributed by atoms with Crippen molar-refractivity contribution >= 4 is 28.8 Å². The molecule has 0 fully saturated rings. The van der Waals surface area contributed by atoms with Crippen LogP contribution in [0.3, 0.4) is 0 Å². The fourth-order valence-electron chi connectivity index (χ4n) is 4.44.